The number of hydrogen-bond donors (Lipinski definition) is 2. The van der Waals surface area contributed by atoms with Crippen molar-refractivity contribution < 1.29 is 31.7 Å². The van der Waals surface area contributed by atoms with Crippen LogP contribution in [0.2, 0.25) is 0 Å². The highest BCUT2D eigenvalue weighted by Crippen LogP contribution is 2.19. The summed E-state index contributed by atoms with van der Waals surface area (Å²) in [5.74, 6) is -2.06. The fourth-order valence-electron chi connectivity index (χ4n) is 2.33. The highest BCUT2D eigenvalue weighted by Gasteiger charge is 2.29. The molecule has 0 bridgehead atoms. The second-order valence-corrected chi connectivity index (χ2v) is 7.77. The molecule has 0 radical (unpaired) electrons. The normalized spacial score (nSPS) is 12.5. The zero-order chi connectivity index (χ0) is 21.1. The minimum absolute atomic E-state index is 0.0790. The maximum atomic E-state index is 13.5. The van der Waals surface area contributed by atoms with E-state index in [-0.39, 0.29) is 22.0 Å². The van der Waals surface area contributed by atoms with Crippen molar-refractivity contribution in [2.24, 2.45) is 0 Å². The molecule has 2 N–H and O–H groups in total. The van der Waals surface area contributed by atoms with Crippen molar-refractivity contribution in [1.82, 2.24) is 9.88 Å². The summed E-state index contributed by atoms with van der Waals surface area (Å²) in [6, 6.07) is 2.86. The van der Waals surface area contributed by atoms with Gasteiger partial charge in [0.25, 0.3) is 5.91 Å². The number of nitrogens with one attached hydrogen (secondary N) is 2. The third-order valence-corrected chi connectivity index (χ3v) is 5.51. The quantitative estimate of drug-likeness (QED) is 0.660. The van der Waals surface area contributed by atoms with Gasteiger partial charge in [0, 0.05) is 5.69 Å². The molecule has 2 rings (SSSR count). The number of amides is 1. The Morgan fingerprint density at radius 3 is 2.54 bits per heavy atom. The predicted octanol–water partition coefficient (Wildman–Crippen LogP) is 1.59. The Kier molecular flexibility index (Phi) is 6.52. The van der Waals surface area contributed by atoms with Gasteiger partial charge in [0.2, 0.25) is 10.0 Å². The van der Waals surface area contributed by atoms with Crippen molar-refractivity contribution in [3.63, 3.8) is 0 Å². The van der Waals surface area contributed by atoms with E-state index in [4.69, 9.17) is 9.26 Å². The van der Waals surface area contributed by atoms with E-state index >= 15 is 0 Å². The molecule has 1 aromatic heterocycles. The summed E-state index contributed by atoms with van der Waals surface area (Å²) in [6.07, 6.45) is 0. The lowest BCUT2D eigenvalue weighted by molar-refractivity contribution is -0.148. The Balaban J connectivity index is 1.91. The van der Waals surface area contributed by atoms with Gasteiger partial charge in [0.05, 0.1) is 0 Å². The summed E-state index contributed by atoms with van der Waals surface area (Å²) >= 11 is 0. The Morgan fingerprint density at radius 1 is 1.29 bits per heavy atom. The molecule has 0 saturated carbocycles. The number of nitrogens with zero attached hydrogens (tertiary/aromatic N) is 1. The Bertz CT molecular complexity index is 983. The van der Waals surface area contributed by atoms with E-state index in [0.717, 1.165) is 6.07 Å². The molecule has 0 saturated heterocycles. The van der Waals surface area contributed by atoms with E-state index in [1.54, 1.807) is 6.92 Å². The summed E-state index contributed by atoms with van der Waals surface area (Å²) < 4.78 is 49.9. The van der Waals surface area contributed by atoms with Gasteiger partial charge in [-0.05, 0) is 45.4 Å². The molecule has 2 aromatic rings. The number of anilines is 1. The Morgan fingerprint density at radius 2 is 1.96 bits per heavy atom. The van der Waals surface area contributed by atoms with Crippen molar-refractivity contribution in [1.29, 1.82) is 0 Å². The molecular formula is C17H20FN3O6S. The molecule has 28 heavy (non-hydrogen) atoms. The SMILES string of the molecule is Cc1ccc(NC(=O)COC(=O)[C@H](C)NS(=O)(=O)c2c(C)noc2C)cc1F. The summed E-state index contributed by atoms with van der Waals surface area (Å²) in [4.78, 5) is 23.7. The van der Waals surface area contributed by atoms with Gasteiger partial charge < -0.3 is 14.6 Å². The highest BCUT2D eigenvalue weighted by molar-refractivity contribution is 7.89. The smallest absolute Gasteiger partial charge is 0.324 e. The number of ether oxygens (including phenoxy) is 1. The number of benzene rings is 1. The lowest BCUT2D eigenvalue weighted by Crippen LogP contribution is -2.40. The molecular weight excluding hydrogens is 393 g/mol. The molecule has 0 aliphatic carbocycles. The zero-order valence-electron chi connectivity index (χ0n) is 15.7. The van der Waals surface area contributed by atoms with Gasteiger partial charge in [-0.2, -0.15) is 4.72 Å². The molecule has 0 unspecified atom stereocenters. The second kappa shape index (κ2) is 8.48. The minimum atomic E-state index is -4.07. The minimum Gasteiger partial charge on any atom is -0.454 e. The summed E-state index contributed by atoms with van der Waals surface area (Å²) in [6.45, 7) is 5.06. The fourth-order valence-corrected chi connectivity index (χ4v) is 3.85. The van der Waals surface area contributed by atoms with Crippen LogP contribution in [0.15, 0.2) is 27.6 Å². The van der Waals surface area contributed by atoms with E-state index in [1.165, 1.54) is 32.9 Å². The molecule has 1 atom stereocenters. The molecule has 11 heteroatoms. The van der Waals surface area contributed by atoms with Crippen LogP contribution in [-0.2, 0) is 24.3 Å². The van der Waals surface area contributed by atoms with Crippen LogP contribution in [0.5, 0.6) is 0 Å². The van der Waals surface area contributed by atoms with Crippen LogP contribution in [0.4, 0.5) is 10.1 Å². The van der Waals surface area contributed by atoms with Crippen LogP contribution >= 0.6 is 0 Å². The fraction of sp³-hybridized carbons (Fsp3) is 0.353. The number of carbonyl (C=O) groups is 2. The molecule has 1 aromatic carbocycles. The van der Waals surface area contributed by atoms with Crippen LogP contribution in [0.3, 0.4) is 0 Å². The van der Waals surface area contributed by atoms with Gasteiger partial charge in [-0.1, -0.05) is 11.2 Å². The van der Waals surface area contributed by atoms with E-state index in [2.05, 4.69) is 15.2 Å². The Hall–Kier alpha value is -2.79. The standard InChI is InChI=1S/C17H20FN3O6S/c1-9-5-6-13(7-14(9)18)19-15(22)8-26-17(23)11(3)21-28(24,25)16-10(2)20-27-12(16)4/h5-7,11,21H,8H2,1-4H3,(H,19,22)/t11-/m0/s1. The number of aryl methyl sites for hydroxylation is 3. The molecule has 1 heterocycles. The summed E-state index contributed by atoms with van der Waals surface area (Å²) in [5.41, 5.74) is 0.774. The average Bonchev–Trinajstić information content (AvgIpc) is 2.95. The lowest BCUT2D eigenvalue weighted by Gasteiger charge is -2.13. The van der Waals surface area contributed by atoms with E-state index in [0.29, 0.717) is 5.56 Å². The molecule has 9 nitrogen and oxygen atoms in total. The van der Waals surface area contributed by atoms with Gasteiger partial charge in [-0.25, -0.2) is 12.8 Å². The van der Waals surface area contributed by atoms with Crippen molar-refractivity contribution >= 4 is 27.6 Å². The first kappa shape index (κ1) is 21.5. The van der Waals surface area contributed by atoms with Gasteiger partial charge in [0.15, 0.2) is 12.4 Å². The van der Waals surface area contributed by atoms with Crippen LogP contribution in [0.25, 0.3) is 0 Å². The number of carbonyl (C=O) groups excluding carboxylic acids is 2. The third kappa shape index (κ3) is 5.14. The van der Waals surface area contributed by atoms with Crippen LogP contribution in [0, 0.1) is 26.6 Å². The number of aromatic nitrogens is 1. The molecule has 0 aliphatic rings. The van der Waals surface area contributed by atoms with Crippen molar-refractivity contribution in [3.05, 3.63) is 41.0 Å². The van der Waals surface area contributed by atoms with Crippen LogP contribution in [0.1, 0.15) is 23.9 Å². The number of sulfonamides is 1. The first-order chi connectivity index (χ1) is 13.0. The molecule has 0 fully saturated rings. The highest BCUT2D eigenvalue weighted by atomic mass is 32.2. The molecule has 1 amide bonds. The van der Waals surface area contributed by atoms with Crippen molar-refractivity contribution in [2.75, 3.05) is 11.9 Å². The summed E-state index contributed by atoms with van der Waals surface area (Å²) in [7, 11) is -4.07. The number of rotatable bonds is 7. The lowest BCUT2D eigenvalue weighted by atomic mass is 10.2. The molecule has 0 spiro atoms. The maximum Gasteiger partial charge on any atom is 0.324 e. The largest absolute Gasteiger partial charge is 0.454 e. The van der Waals surface area contributed by atoms with Gasteiger partial charge in [-0.3, -0.25) is 9.59 Å². The first-order valence-corrected chi connectivity index (χ1v) is 9.67. The van der Waals surface area contributed by atoms with E-state index < -0.39 is 40.4 Å². The third-order valence-electron chi connectivity index (χ3n) is 3.72. The number of hydrogen-bond acceptors (Lipinski definition) is 7. The van der Waals surface area contributed by atoms with Crippen molar-refractivity contribution in [2.45, 2.75) is 38.6 Å². The first-order valence-electron chi connectivity index (χ1n) is 8.19. The van der Waals surface area contributed by atoms with Crippen LogP contribution < -0.4 is 10.0 Å². The topological polar surface area (TPSA) is 128 Å². The average molecular weight is 413 g/mol. The van der Waals surface area contributed by atoms with Crippen molar-refractivity contribution in [3.8, 4) is 0 Å². The maximum absolute atomic E-state index is 13.5. The van der Waals surface area contributed by atoms with Gasteiger partial charge in [0.1, 0.15) is 22.4 Å². The monoisotopic (exact) mass is 413 g/mol. The van der Waals surface area contributed by atoms with E-state index in [1.807, 2.05) is 0 Å². The van der Waals surface area contributed by atoms with Gasteiger partial charge >= 0.3 is 5.97 Å². The zero-order valence-corrected chi connectivity index (χ0v) is 16.5. The number of esters is 1. The second-order valence-electron chi connectivity index (χ2n) is 6.12. The van der Waals surface area contributed by atoms with Gasteiger partial charge in [-0.15, -0.1) is 0 Å². The van der Waals surface area contributed by atoms with E-state index in [9.17, 15) is 22.4 Å². The number of halogens is 1. The molecule has 0 aliphatic heterocycles. The van der Waals surface area contributed by atoms with Crippen LogP contribution in [-0.4, -0.2) is 38.1 Å². The predicted molar refractivity (Wildman–Crippen MR) is 96.5 cm³/mol. The molecule has 152 valence electrons. The Labute approximate surface area is 161 Å². The summed E-state index contributed by atoms with van der Waals surface area (Å²) in [5, 5.41) is 5.93.